The summed E-state index contributed by atoms with van der Waals surface area (Å²) in [6, 6.07) is 1.43. The fourth-order valence-corrected chi connectivity index (χ4v) is 1.71. The van der Waals surface area contributed by atoms with Crippen LogP contribution in [0.4, 0.5) is 8.78 Å². The lowest BCUT2D eigenvalue weighted by Gasteiger charge is -2.10. The van der Waals surface area contributed by atoms with Gasteiger partial charge in [0.15, 0.2) is 11.6 Å². The van der Waals surface area contributed by atoms with E-state index in [-0.39, 0.29) is 17.9 Å². The van der Waals surface area contributed by atoms with Crippen LogP contribution < -0.4 is 10.2 Å². The highest BCUT2D eigenvalue weighted by atomic mass is 79.9. The molecule has 0 aromatic heterocycles. The van der Waals surface area contributed by atoms with Gasteiger partial charge in [-0.2, -0.15) is 9.87 Å². The summed E-state index contributed by atoms with van der Waals surface area (Å²) in [5, 5.41) is 0. The van der Waals surface area contributed by atoms with E-state index in [0.717, 1.165) is 0 Å². The van der Waals surface area contributed by atoms with E-state index < -0.39 is 11.6 Å². The van der Waals surface area contributed by atoms with Crippen molar-refractivity contribution in [3.05, 3.63) is 27.7 Å². The third kappa shape index (κ3) is 2.64. The number of rotatable bonds is 4. The zero-order chi connectivity index (χ0) is 11.4. The molecule has 1 aromatic carbocycles. The Morgan fingerprint density at radius 2 is 2.00 bits per heavy atom. The number of methoxy groups -OCH3 is 1. The average molecular weight is 282 g/mol. The monoisotopic (exact) mass is 281 g/mol. The summed E-state index contributed by atoms with van der Waals surface area (Å²) in [4.78, 5) is 4.55. The summed E-state index contributed by atoms with van der Waals surface area (Å²) in [5.74, 6) is -2.10. The number of nitrogens with one attached hydrogen (secondary N) is 1. The molecule has 15 heavy (non-hydrogen) atoms. The van der Waals surface area contributed by atoms with Crippen molar-refractivity contribution >= 4 is 15.9 Å². The summed E-state index contributed by atoms with van der Waals surface area (Å²) in [6.07, 6.45) is 0. The molecule has 1 rings (SSSR count). The molecular weight excluding hydrogens is 272 g/mol. The van der Waals surface area contributed by atoms with Gasteiger partial charge in [0, 0.05) is 12.1 Å². The van der Waals surface area contributed by atoms with Gasteiger partial charge in [-0.05, 0) is 22.0 Å². The minimum atomic E-state index is -1.01. The largest absolute Gasteiger partial charge is 0.492 e. The van der Waals surface area contributed by atoms with E-state index in [2.05, 4.69) is 26.2 Å². The van der Waals surface area contributed by atoms with E-state index in [4.69, 9.17) is 4.74 Å². The number of ether oxygens (including phenoxy) is 1. The van der Waals surface area contributed by atoms with Gasteiger partial charge in [-0.3, -0.25) is 0 Å². The second-order valence-corrected chi connectivity index (χ2v) is 3.56. The number of hydrogen-bond acceptors (Lipinski definition) is 3. The third-order valence-electron chi connectivity index (χ3n) is 1.80. The Balaban J connectivity index is 3.10. The first-order valence-electron chi connectivity index (χ1n) is 4.08. The fraction of sp³-hybridized carbons (Fsp3) is 0.333. The summed E-state index contributed by atoms with van der Waals surface area (Å²) >= 11 is 3.08. The maximum Gasteiger partial charge on any atom is 0.202 e. The highest BCUT2D eigenvalue weighted by Crippen LogP contribution is 2.31. The van der Waals surface area contributed by atoms with Gasteiger partial charge in [0.1, 0.15) is 0 Å². The lowest BCUT2D eigenvalue weighted by Crippen LogP contribution is -2.13. The Labute approximate surface area is 94.5 Å². The maximum atomic E-state index is 13.4. The third-order valence-corrected chi connectivity index (χ3v) is 2.39. The van der Waals surface area contributed by atoms with E-state index in [0.29, 0.717) is 4.47 Å². The molecule has 0 unspecified atom stereocenters. The van der Waals surface area contributed by atoms with Crippen molar-refractivity contribution in [3.63, 3.8) is 0 Å². The quantitative estimate of drug-likeness (QED) is 0.679. The van der Waals surface area contributed by atoms with Crippen LogP contribution in [-0.2, 0) is 11.4 Å². The lowest BCUT2D eigenvalue weighted by atomic mass is 10.2. The highest BCUT2D eigenvalue weighted by Gasteiger charge is 2.17. The summed E-state index contributed by atoms with van der Waals surface area (Å²) in [6.45, 7) is 0.0713. The Kier molecular flexibility index (Phi) is 4.44. The van der Waals surface area contributed by atoms with Crippen LogP contribution in [0.3, 0.4) is 0 Å². The van der Waals surface area contributed by atoms with Crippen LogP contribution in [0.15, 0.2) is 10.5 Å². The van der Waals surface area contributed by atoms with Crippen molar-refractivity contribution in [1.82, 2.24) is 5.48 Å². The summed E-state index contributed by atoms with van der Waals surface area (Å²) in [5.41, 5.74) is 2.58. The molecule has 6 heteroatoms. The molecule has 0 bridgehead atoms. The summed E-state index contributed by atoms with van der Waals surface area (Å²) in [7, 11) is 2.67. The minimum Gasteiger partial charge on any atom is -0.492 e. The van der Waals surface area contributed by atoms with Crippen LogP contribution in [0.1, 0.15) is 5.56 Å². The molecule has 84 valence electrons. The van der Waals surface area contributed by atoms with E-state index >= 15 is 0 Å². The minimum absolute atomic E-state index is 0.0713. The average Bonchev–Trinajstić information content (AvgIpc) is 2.22. The van der Waals surface area contributed by atoms with Crippen LogP contribution in [0.5, 0.6) is 5.75 Å². The molecule has 1 N–H and O–H groups in total. The van der Waals surface area contributed by atoms with Crippen molar-refractivity contribution in [3.8, 4) is 5.75 Å². The van der Waals surface area contributed by atoms with Gasteiger partial charge >= 0.3 is 0 Å². The second kappa shape index (κ2) is 5.39. The van der Waals surface area contributed by atoms with Gasteiger partial charge in [-0.15, -0.1) is 0 Å². The molecule has 0 saturated heterocycles. The van der Waals surface area contributed by atoms with Crippen molar-refractivity contribution in [2.45, 2.75) is 6.54 Å². The first kappa shape index (κ1) is 12.4. The van der Waals surface area contributed by atoms with Crippen LogP contribution in [0.2, 0.25) is 0 Å². The van der Waals surface area contributed by atoms with E-state index in [9.17, 15) is 8.78 Å². The molecular formula is C9H10BrF2NO2. The molecule has 3 nitrogen and oxygen atoms in total. The molecule has 0 atom stereocenters. The van der Waals surface area contributed by atoms with E-state index in [1.165, 1.54) is 20.3 Å². The van der Waals surface area contributed by atoms with Gasteiger partial charge < -0.3 is 9.57 Å². The molecule has 0 fully saturated rings. The highest BCUT2D eigenvalue weighted by molar-refractivity contribution is 9.10. The SMILES string of the molecule is CONCc1cc(Br)c(OC)c(F)c1F. The van der Waals surface area contributed by atoms with Crippen LogP contribution in [0.25, 0.3) is 0 Å². The van der Waals surface area contributed by atoms with E-state index in [1.54, 1.807) is 0 Å². The van der Waals surface area contributed by atoms with Crippen LogP contribution >= 0.6 is 15.9 Å². The van der Waals surface area contributed by atoms with E-state index in [1.807, 2.05) is 0 Å². The van der Waals surface area contributed by atoms with Gasteiger partial charge in [-0.1, -0.05) is 0 Å². The molecule has 0 aliphatic heterocycles. The van der Waals surface area contributed by atoms with Gasteiger partial charge in [0.05, 0.1) is 18.7 Å². The predicted octanol–water partition coefficient (Wildman–Crippen LogP) is 2.39. The van der Waals surface area contributed by atoms with Crippen molar-refractivity contribution in [2.24, 2.45) is 0 Å². The number of halogens is 3. The maximum absolute atomic E-state index is 13.4. The summed E-state index contributed by atoms with van der Waals surface area (Å²) < 4.78 is 31.8. The molecule has 0 heterocycles. The number of hydrogen-bond donors (Lipinski definition) is 1. The molecule has 0 amide bonds. The molecule has 1 aromatic rings. The zero-order valence-corrected chi connectivity index (χ0v) is 9.82. The molecule has 0 saturated carbocycles. The normalized spacial score (nSPS) is 10.5. The van der Waals surface area contributed by atoms with Crippen molar-refractivity contribution in [1.29, 1.82) is 0 Å². The smallest absolute Gasteiger partial charge is 0.202 e. The Bertz CT molecular complexity index is 360. The molecule has 0 aliphatic rings. The predicted molar refractivity (Wildman–Crippen MR) is 54.5 cm³/mol. The Hall–Kier alpha value is -0.720. The molecule has 0 radical (unpaired) electrons. The fourth-order valence-electron chi connectivity index (χ4n) is 1.09. The van der Waals surface area contributed by atoms with Crippen molar-refractivity contribution < 1.29 is 18.4 Å². The standard InChI is InChI=1S/C9H10BrF2NO2/c1-14-9-6(10)3-5(4-13-15-2)7(11)8(9)12/h3,13H,4H2,1-2H3. The Morgan fingerprint density at radius 1 is 1.33 bits per heavy atom. The van der Waals surface area contributed by atoms with Gasteiger partial charge in [0.25, 0.3) is 0 Å². The topological polar surface area (TPSA) is 30.5 Å². The first-order chi connectivity index (χ1) is 7.11. The Morgan fingerprint density at radius 3 is 2.53 bits per heavy atom. The molecule has 0 spiro atoms. The van der Waals surface area contributed by atoms with Gasteiger partial charge in [-0.25, -0.2) is 4.39 Å². The molecule has 0 aliphatic carbocycles. The first-order valence-corrected chi connectivity index (χ1v) is 4.87. The number of benzene rings is 1. The second-order valence-electron chi connectivity index (χ2n) is 2.70. The zero-order valence-electron chi connectivity index (χ0n) is 8.23. The van der Waals surface area contributed by atoms with Crippen LogP contribution in [-0.4, -0.2) is 14.2 Å². The number of hydroxylamine groups is 1. The van der Waals surface area contributed by atoms with Crippen LogP contribution in [0, 0.1) is 11.6 Å². The van der Waals surface area contributed by atoms with Gasteiger partial charge in [0.2, 0.25) is 5.82 Å². The lowest BCUT2D eigenvalue weighted by molar-refractivity contribution is 0.0857. The van der Waals surface area contributed by atoms with Crippen molar-refractivity contribution in [2.75, 3.05) is 14.2 Å².